The third-order valence-corrected chi connectivity index (χ3v) is 1.22. The maximum Gasteiger partial charge on any atom is 0.0145 e. The lowest BCUT2D eigenvalue weighted by atomic mass is 10.3. The number of aromatic amines is 1. The van der Waals surface area contributed by atoms with Crippen molar-refractivity contribution in [1.82, 2.24) is 4.98 Å². The van der Waals surface area contributed by atoms with Gasteiger partial charge in [0.15, 0.2) is 0 Å². The fourth-order valence-electron chi connectivity index (χ4n) is 0.531. The van der Waals surface area contributed by atoms with Crippen molar-refractivity contribution >= 4 is 0 Å². The average molecular weight is 157 g/mol. The number of H-pyrrole nitrogens is 1. The second kappa shape index (κ2) is 9.28. The summed E-state index contributed by atoms with van der Waals surface area (Å²) in [5.41, 5.74) is 2.60. The molecule has 0 aliphatic heterocycles. The molecule has 1 rings (SSSR count). The molecule has 1 aromatic rings. The van der Waals surface area contributed by atoms with E-state index in [2.05, 4.69) is 24.9 Å². The van der Waals surface area contributed by atoms with Crippen LogP contribution in [0.15, 0.2) is 12.3 Å². The van der Waals surface area contributed by atoms with E-state index in [0.717, 1.165) is 0 Å². The Morgan fingerprint density at radius 3 is 1.64 bits per heavy atom. The molecule has 0 aromatic carbocycles. The summed E-state index contributed by atoms with van der Waals surface area (Å²) < 4.78 is 0. The minimum Gasteiger partial charge on any atom is -0.365 e. The van der Waals surface area contributed by atoms with Gasteiger partial charge in [0.2, 0.25) is 0 Å². The summed E-state index contributed by atoms with van der Waals surface area (Å²) in [6.45, 7) is 12.2. The van der Waals surface area contributed by atoms with Gasteiger partial charge in [-0.2, -0.15) is 0 Å². The molecule has 0 bridgehead atoms. The van der Waals surface area contributed by atoms with Gasteiger partial charge in [0.1, 0.15) is 0 Å². The van der Waals surface area contributed by atoms with Gasteiger partial charge in [0.05, 0.1) is 0 Å². The zero-order valence-electron chi connectivity index (χ0n) is 8.65. The Balaban J connectivity index is -0.000000144. The van der Waals surface area contributed by atoms with Crippen LogP contribution < -0.4 is 0 Å². The van der Waals surface area contributed by atoms with Crippen LogP contribution >= 0.6 is 0 Å². The zero-order valence-corrected chi connectivity index (χ0v) is 8.65. The van der Waals surface area contributed by atoms with Crippen LogP contribution in [0.4, 0.5) is 0 Å². The Bertz CT molecular complexity index is 142. The first-order valence-electron chi connectivity index (χ1n) is 4.41. The lowest BCUT2D eigenvalue weighted by Crippen LogP contribution is -1.69. The molecule has 0 fully saturated rings. The van der Waals surface area contributed by atoms with Crippen molar-refractivity contribution in [2.45, 2.75) is 41.5 Å². The largest absolute Gasteiger partial charge is 0.365 e. The Hall–Kier alpha value is -0.720. The molecule has 1 heteroatoms. The van der Waals surface area contributed by atoms with Crippen molar-refractivity contribution in [2.24, 2.45) is 0 Å². The first-order valence-corrected chi connectivity index (χ1v) is 4.41. The molecule has 0 aliphatic rings. The molecular formula is C10H23N. The van der Waals surface area contributed by atoms with E-state index in [9.17, 15) is 0 Å². The predicted molar refractivity (Wildman–Crippen MR) is 55.1 cm³/mol. The summed E-state index contributed by atoms with van der Waals surface area (Å²) in [6.07, 6.45) is 1.95. The van der Waals surface area contributed by atoms with Gasteiger partial charge in [-0.1, -0.05) is 27.7 Å². The Morgan fingerprint density at radius 1 is 1.09 bits per heavy atom. The maximum atomic E-state index is 3.07. The number of nitrogens with one attached hydrogen (secondary N) is 1. The highest BCUT2D eigenvalue weighted by molar-refractivity contribution is 5.15. The summed E-state index contributed by atoms with van der Waals surface area (Å²) in [6, 6.07) is 2.06. The van der Waals surface area contributed by atoms with E-state index in [1.165, 1.54) is 11.3 Å². The predicted octanol–water partition coefficient (Wildman–Crippen LogP) is 3.93. The number of hydrogen-bond donors (Lipinski definition) is 1. The topological polar surface area (TPSA) is 15.8 Å². The highest BCUT2D eigenvalue weighted by Gasteiger charge is 1.85. The Kier molecular flexibility index (Phi) is 10.9. The van der Waals surface area contributed by atoms with Gasteiger partial charge in [-0.05, 0) is 25.5 Å². The van der Waals surface area contributed by atoms with Crippen LogP contribution in [0, 0.1) is 13.8 Å². The lowest BCUT2D eigenvalue weighted by molar-refractivity contribution is 1.23. The average Bonchev–Trinajstić information content (AvgIpc) is 2.44. The number of aryl methyl sites for hydroxylation is 2. The van der Waals surface area contributed by atoms with Gasteiger partial charge in [-0.15, -0.1) is 0 Å². The van der Waals surface area contributed by atoms with Crippen LogP contribution in [0.3, 0.4) is 0 Å². The van der Waals surface area contributed by atoms with Gasteiger partial charge in [0.25, 0.3) is 0 Å². The fourth-order valence-corrected chi connectivity index (χ4v) is 0.531. The molecule has 68 valence electrons. The van der Waals surface area contributed by atoms with Gasteiger partial charge >= 0.3 is 0 Å². The third kappa shape index (κ3) is 5.71. The fraction of sp³-hybridized carbons (Fsp3) is 0.600. The molecule has 1 aromatic heterocycles. The molecule has 1 heterocycles. The van der Waals surface area contributed by atoms with Gasteiger partial charge in [0, 0.05) is 13.3 Å². The van der Waals surface area contributed by atoms with Crippen molar-refractivity contribution in [2.75, 3.05) is 0 Å². The smallest absolute Gasteiger partial charge is 0.0145 e. The minimum atomic E-state index is 0. The van der Waals surface area contributed by atoms with E-state index in [-0.39, 0.29) is 1.43 Å². The number of aromatic nitrogens is 1. The van der Waals surface area contributed by atoms with Gasteiger partial charge in [-0.25, -0.2) is 0 Å². The monoisotopic (exact) mass is 157 g/mol. The SMILES string of the molecule is CC.CC.Cc1cc[nH]c1C.[HH]. The van der Waals surface area contributed by atoms with Crippen molar-refractivity contribution in [1.29, 1.82) is 0 Å². The first kappa shape index (κ1) is 12.9. The second-order valence-corrected chi connectivity index (χ2v) is 1.79. The molecule has 0 amide bonds. The van der Waals surface area contributed by atoms with Crippen molar-refractivity contribution in [3.8, 4) is 0 Å². The summed E-state index contributed by atoms with van der Waals surface area (Å²) in [5, 5.41) is 0. The second-order valence-electron chi connectivity index (χ2n) is 1.79. The first-order chi connectivity index (χ1) is 5.30. The molecule has 0 spiro atoms. The summed E-state index contributed by atoms with van der Waals surface area (Å²) >= 11 is 0. The van der Waals surface area contributed by atoms with E-state index >= 15 is 0 Å². The highest BCUT2D eigenvalue weighted by atomic mass is 14.7. The summed E-state index contributed by atoms with van der Waals surface area (Å²) in [4.78, 5) is 3.07. The zero-order chi connectivity index (χ0) is 9.28. The van der Waals surface area contributed by atoms with Crippen molar-refractivity contribution in [3.63, 3.8) is 0 Å². The van der Waals surface area contributed by atoms with Crippen LogP contribution in [-0.4, -0.2) is 4.98 Å². The molecule has 0 unspecified atom stereocenters. The lowest BCUT2D eigenvalue weighted by Gasteiger charge is -1.81. The molecule has 1 N–H and O–H groups in total. The summed E-state index contributed by atoms with van der Waals surface area (Å²) in [7, 11) is 0. The number of rotatable bonds is 0. The summed E-state index contributed by atoms with van der Waals surface area (Å²) in [5.74, 6) is 0. The van der Waals surface area contributed by atoms with Gasteiger partial charge in [-0.3, -0.25) is 0 Å². The van der Waals surface area contributed by atoms with Crippen LogP contribution in [-0.2, 0) is 0 Å². The highest BCUT2D eigenvalue weighted by Crippen LogP contribution is 1.99. The molecule has 1 nitrogen and oxygen atoms in total. The Morgan fingerprint density at radius 2 is 1.55 bits per heavy atom. The molecule has 11 heavy (non-hydrogen) atoms. The molecule has 0 saturated carbocycles. The van der Waals surface area contributed by atoms with Crippen LogP contribution in [0.2, 0.25) is 0 Å². The maximum absolute atomic E-state index is 3.07. The van der Waals surface area contributed by atoms with Crippen molar-refractivity contribution in [3.05, 3.63) is 23.5 Å². The van der Waals surface area contributed by atoms with Crippen LogP contribution in [0.5, 0.6) is 0 Å². The molecule has 0 radical (unpaired) electrons. The molecular weight excluding hydrogens is 134 g/mol. The van der Waals surface area contributed by atoms with E-state index in [1.54, 1.807) is 0 Å². The van der Waals surface area contributed by atoms with Crippen LogP contribution in [0.25, 0.3) is 0 Å². The van der Waals surface area contributed by atoms with E-state index < -0.39 is 0 Å². The van der Waals surface area contributed by atoms with Crippen molar-refractivity contribution < 1.29 is 1.43 Å². The standard InChI is InChI=1S/C6H9N.2C2H6.H2/c1-5-3-4-7-6(5)2;2*1-2;/h3-4,7H,1-2H3;2*1-2H3;1H. The normalized spacial score (nSPS) is 7.09. The van der Waals surface area contributed by atoms with Crippen LogP contribution in [0.1, 0.15) is 40.4 Å². The van der Waals surface area contributed by atoms with E-state index in [4.69, 9.17) is 0 Å². The van der Waals surface area contributed by atoms with Gasteiger partial charge < -0.3 is 4.98 Å². The minimum absolute atomic E-state index is 0. The molecule has 0 saturated heterocycles. The van der Waals surface area contributed by atoms with E-state index in [0.29, 0.717) is 0 Å². The Labute approximate surface area is 72.3 Å². The number of hydrogen-bond acceptors (Lipinski definition) is 0. The van der Waals surface area contributed by atoms with E-state index in [1.807, 2.05) is 33.9 Å². The molecule has 0 aliphatic carbocycles. The quantitative estimate of drug-likeness (QED) is 0.587. The molecule has 0 atom stereocenters. The third-order valence-electron chi connectivity index (χ3n) is 1.22.